The Morgan fingerprint density at radius 3 is 2.83 bits per heavy atom. The molecule has 0 aliphatic rings. The van der Waals surface area contributed by atoms with Crippen molar-refractivity contribution >= 4 is 5.96 Å². The van der Waals surface area contributed by atoms with E-state index >= 15 is 0 Å². The lowest BCUT2D eigenvalue weighted by molar-refractivity contribution is 0.181. The van der Waals surface area contributed by atoms with E-state index in [2.05, 4.69) is 15.4 Å². The number of nitrogens with zero attached hydrogens (tertiary/aromatic N) is 4. The zero-order valence-electron chi connectivity index (χ0n) is 14.3. The molecule has 1 aromatic heterocycles. The molecule has 2 N–H and O–H groups in total. The molecule has 7 heteroatoms. The van der Waals surface area contributed by atoms with Crippen LogP contribution in [0.25, 0.3) is 0 Å². The van der Waals surface area contributed by atoms with Crippen LogP contribution in [0.15, 0.2) is 41.7 Å². The Balaban J connectivity index is 2.05. The molecule has 6 nitrogen and oxygen atoms in total. The quantitative estimate of drug-likeness (QED) is 0.624. The Hall–Kier alpha value is -2.41. The summed E-state index contributed by atoms with van der Waals surface area (Å²) in [5.74, 6) is 0.227. The van der Waals surface area contributed by atoms with Crippen molar-refractivity contribution in [3.63, 3.8) is 0 Å². The first kappa shape index (κ1) is 17.9. The SMILES string of the molecule is CCNC(=NCC(O)c1ccccc1F)N(C)Cc1cnn(C)c1. The van der Waals surface area contributed by atoms with Gasteiger partial charge in [-0.15, -0.1) is 0 Å². The van der Waals surface area contributed by atoms with Gasteiger partial charge in [0.15, 0.2) is 5.96 Å². The second-order valence-corrected chi connectivity index (χ2v) is 5.61. The van der Waals surface area contributed by atoms with Crippen molar-refractivity contribution in [2.45, 2.75) is 19.6 Å². The number of aliphatic imine (C=N–C) groups is 1. The van der Waals surface area contributed by atoms with Gasteiger partial charge >= 0.3 is 0 Å². The molecule has 0 bridgehead atoms. The minimum absolute atomic E-state index is 0.0840. The van der Waals surface area contributed by atoms with Gasteiger partial charge < -0.3 is 15.3 Å². The second-order valence-electron chi connectivity index (χ2n) is 5.61. The average Bonchev–Trinajstić information content (AvgIpc) is 2.96. The van der Waals surface area contributed by atoms with Crippen LogP contribution in [0, 0.1) is 5.82 Å². The molecule has 0 amide bonds. The number of aliphatic hydroxyl groups excluding tert-OH is 1. The highest BCUT2D eigenvalue weighted by molar-refractivity contribution is 5.79. The molecule has 1 atom stereocenters. The number of guanidine groups is 1. The molecule has 0 spiro atoms. The minimum Gasteiger partial charge on any atom is -0.386 e. The van der Waals surface area contributed by atoms with Gasteiger partial charge in [-0.05, 0) is 13.0 Å². The highest BCUT2D eigenvalue weighted by atomic mass is 19.1. The summed E-state index contributed by atoms with van der Waals surface area (Å²) in [4.78, 5) is 6.36. The van der Waals surface area contributed by atoms with Crippen molar-refractivity contribution in [1.82, 2.24) is 20.0 Å². The molecule has 2 rings (SSSR count). The van der Waals surface area contributed by atoms with E-state index in [1.165, 1.54) is 6.07 Å². The van der Waals surface area contributed by atoms with Crippen LogP contribution in [-0.4, -0.2) is 45.9 Å². The van der Waals surface area contributed by atoms with Crippen LogP contribution in [0.2, 0.25) is 0 Å². The molecule has 0 fully saturated rings. The Morgan fingerprint density at radius 1 is 1.46 bits per heavy atom. The normalized spacial score (nSPS) is 13.0. The van der Waals surface area contributed by atoms with Gasteiger partial charge in [-0.1, -0.05) is 18.2 Å². The summed E-state index contributed by atoms with van der Waals surface area (Å²) in [5.41, 5.74) is 1.31. The molecule has 0 saturated carbocycles. The molecule has 130 valence electrons. The van der Waals surface area contributed by atoms with Gasteiger partial charge in [-0.25, -0.2) is 4.39 Å². The van der Waals surface area contributed by atoms with Crippen LogP contribution in [0.1, 0.15) is 24.2 Å². The number of hydrogen-bond acceptors (Lipinski definition) is 3. The number of aryl methyl sites for hydroxylation is 1. The van der Waals surface area contributed by atoms with Gasteiger partial charge in [-0.2, -0.15) is 5.10 Å². The van der Waals surface area contributed by atoms with Gasteiger partial charge in [0.25, 0.3) is 0 Å². The zero-order chi connectivity index (χ0) is 17.5. The van der Waals surface area contributed by atoms with E-state index in [0.717, 1.165) is 5.56 Å². The first-order chi connectivity index (χ1) is 11.5. The van der Waals surface area contributed by atoms with Crippen molar-refractivity contribution in [2.75, 3.05) is 20.1 Å². The van der Waals surface area contributed by atoms with E-state index < -0.39 is 11.9 Å². The fraction of sp³-hybridized carbons (Fsp3) is 0.412. The van der Waals surface area contributed by atoms with E-state index in [1.807, 2.05) is 32.1 Å². The third-order valence-corrected chi connectivity index (χ3v) is 3.55. The van der Waals surface area contributed by atoms with Crippen LogP contribution in [0.3, 0.4) is 0 Å². The van der Waals surface area contributed by atoms with Crippen LogP contribution in [0.5, 0.6) is 0 Å². The number of halogens is 1. The lowest BCUT2D eigenvalue weighted by Crippen LogP contribution is -2.38. The minimum atomic E-state index is -0.980. The third kappa shape index (κ3) is 4.79. The second kappa shape index (κ2) is 8.44. The fourth-order valence-electron chi connectivity index (χ4n) is 2.39. The molecule has 2 aromatic rings. The maximum absolute atomic E-state index is 13.7. The van der Waals surface area contributed by atoms with Crippen molar-refractivity contribution < 1.29 is 9.50 Å². The Bertz CT molecular complexity index is 685. The lowest BCUT2D eigenvalue weighted by Gasteiger charge is -2.22. The monoisotopic (exact) mass is 333 g/mol. The maximum Gasteiger partial charge on any atom is 0.194 e. The summed E-state index contributed by atoms with van der Waals surface area (Å²) in [6, 6.07) is 6.20. The smallest absolute Gasteiger partial charge is 0.194 e. The lowest BCUT2D eigenvalue weighted by atomic mass is 10.1. The molecule has 24 heavy (non-hydrogen) atoms. The Labute approximate surface area is 141 Å². The molecular formula is C17H24FN5O. The van der Waals surface area contributed by atoms with Crippen molar-refractivity contribution in [3.8, 4) is 0 Å². The fourth-order valence-corrected chi connectivity index (χ4v) is 2.39. The molecule has 1 heterocycles. The first-order valence-corrected chi connectivity index (χ1v) is 7.90. The number of hydrogen-bond donors (Lipinski definition) is 2. The van der Waals surface area contributed by atoms with E-state index in [4.69, 9.17) is 0 Å². The first-order valence-electron chi connectivity index (χ1n) is 7.90. The summed E-state index contributed by atoms with van der Waals surface area (Å²) in [5, 5.41) is 17.5. The van der Waals surface area contributed by atoms with Gasteiger partial charge in [0.2, 0.25) is 0 Å². The van der Waals surface area contributed by atoms with Crippen molar-refractivity contribution in [1.29, 1.82) is 0 Å². The van der Waals surface area contributed by atoms with Crippen LogP contribution < -0.4 is 5.32 Å². The van der Waals surface area contributed by atoms with Gasteiger partial charge in [0.1, 0.15) is 11.9 Å². The van der Waals surface area contributed by atoms with E-state index in [9.17, 15) is 9.50 Å². The van der Waals surface area contributed by atoms with E-state index in [1.54, 1.807) is 29.1 Å². The predicted molar refractivity (Wildman–Crippen MR) is 92.0 cm³/mol. The Kier molecular flexibility index (Phi) is 6.31. The molecule has 0 radical (unpaired) electrons. The summed E-state index contributed by atoms with van der Waals surface area (Å²) in [6.45, 7) is 3.39. The number of aromatic nitrogens is 2. The molecular weight excluding hydrogens is 309 g/mol. The van der Waals surface area contributed by atoms with Crippen LogP contribution >= 0.6 is 0 Å². The van der Waals surface area contributed by atoms with Gasteiger partial charge in [0.05, 0.1) is 12.7 Å². The molecule has 0 saturated heterocycles. The van der Waals surface area contributed by atoms with E-state index in [0.29, 0.717) is 19.0 Å². The van der Waals surface area contributed by atoms with Gasteiger partial charge in [0, 0.05) is 44.5 Å². The zero-order valence-corrected chi connectivity index (χ0v) is 14.3. The Morgan fingerprint density at radius 2 is 2.21 bits per heavy atom. The predicted octanol–water partition coefficient (Wildman–Crippen LogP) is 1.69. The van der Waals surface area contributed by atoms with Crippen molar-refractivity contribution in [3.05, 3.63) is 53.6 Å². The van der Waals surface area contributed by atoms with E-state index in [-0.39, 0.29) is 12.1 Å². The largest absolute Gasteiger partial charge is 0.386 e. The number of nitrogens with one attached hydrogen (secondary N) is 1. The summed E-state index contributed by atoms with van der Waals surface area (Å²) < 4.78 is 15.5. The number of rotatable bonds is 6. The highest BCUT2D eigenvalue weighted by Gasteiger charge is 2.13. The summed E-state index contributed by atoms with van der Waals surface area (Å²) in [6.07, 6.45) is 2.76. The average molecular weight is 333 g/mol. The van der Waals surface area contributed by atoms with Gasteiger partial charge in [-0.3, -0.25) is 9.67 Å². The maximum atomic E-state index is 13.7. The number of aliphatic hydroxyl groups is 1. The number of benzene rings is 1. The van der Waals surface area contributed by atoms with Crippen LogP contribution in [-0.2, 0) is 13.6 Å². The standard InChI is InChI=1S/C17H24FN5O/c1-4-19-17(22(2)11-13-9-21-23(3)12-13)20-10-16(24)14-7-5-6-8-15(14)18/h5-9,12,16,24H,4,10-11H2,1-3H3,(H,19,20). The van der Waals surface area contributed by atoms with Crippen molar-refractivity contribution in [2.24, 2.45) is 12.0 Å². The molecule has 0 aliphatic heterocycles. The molecule has 1 unspecified atom stereocenters. The van der Waals surface area contributed by atoms with Crippen LogP contribution in [0.4, 0.5) is 4.39 Å². The topological polar surface area (TPSA) is 65.7 Å². The molecule has 1 aromatic carbocycles. The molecule has 0 aliphatic carbocycles. The summed E-state index contributed by atoms with van der Waals surface area (Å²) >= 11 is 0. The summed E-state index contributed by atoms with van der Waals surface area (Å²) in [7, 11) is 3.78. The highest BCUT2D eigenvalue weighted by Crippen LogP contribution is 2.16. The third-order valence-electron chi connectivity index (χ3n) is 3.55.